The lowest BCUT2D eigenvalue weighted by Gasteiger charge is -2.10. The molecule has 0 aliphatic heterocycles. The van der Waals surface area contributed by atoms with Crippen molar-refractivity contribution in [2.24, 2.45) is 0 Å². The zero-order valence-corrected chi connectivity index (χ0v) is 18.6. The molecule has 0 aliphatic carbocycles. The minimum atomic E-state index is -0.172. The standard InChI is InChI=1S/C26H18Cl2N2O2/c1-17-5-4-7-21-25(17)29-16-30-26(21)32-24-8-3-2-6-19(24)11-13-20(31)12-9-18-10-14-22(27)23(28)15-18/h2-16H,1H3. The number of para-hydroxylation sites is 2. The van der Waals surface area contributed by atoms with Gasteiger partial charge in [-0.2, -0.15) is 0 Å². The van der Waals surface area contributed by atoms with E-state index in [1.165, 1.54) is 18.5 Å². The molecule has 4 nitrogen and oxygen atoms in total. The minimum Gasteiger partial charge on any atom is -0.438 e. The van der Waals surface area contributed by atoms with Crippen molar-refractivity contribution >= 4 is 52.0 Å². The Morgan fingerprint density at radius 2 is 1.72 bits per heavy atom. The fourth-order valence-corrected chi connectivity index (χ4v) is 3.44. The van der Waals surface area contributed by atoms with Gasteiger partial charge in [0.25, 0.3) is 0 Å². The normalized spacial score (nSPS) is 11.5. The molecule has 0 unspecified atom stereocenters. The molecule has 0 aliphatic rings. The first-order chi connectivity index (χ1) is 15.5. The van der Waals surface area contributed by atoms with Gasteiger partial charge in [-0.05, 0) is 60.5 Å². The largest absolute Gasteiger partial charge is 0.438 e. The van der Waals surface area contributed by atoms with Crippen LogP contribution in [0.4, 0.5) is 0 Å². The van der Waals surface area contributed by atoms with Gasteiger partial charge < -0.3 is 4.74 Å². The molecular formula is C26H18Cl2N2O2. The second-order valence-electron chi connectivity index (χ2n) is 7.03. The van der Waals surface area contributed by atoms with Crippen molar-refractivity contribution in [3.8, 4) is 11.6 Å². The number of carbonyl (C=O) groups is 1. The SMILES string of the molecule is Cc1cccc2c(Oc3ccccc3C=CC(=O)C=Cc3ccc(Cl)c(Cl)c3)ncnc12. The van der Waals surface area contributed by atoms with E-state index in [1.807, 2.05) is 49.4 Å². The summed E-state index contributed by atoms with van der Waals surface area (Å²) >= 11 is 11.9. The first-order valence-electron chi connectivity index (χ1n) is 9.83. The number of ether oxygens (including phenoxy) is 1. The molecule has 1 aromatic heterocycles. The first kappa shape index (κ1) is 21.8. The van der Waals surface area contributed by atoms with Gasteiger partial charge in [0.1, 0.15) is 12.1 Å². The van der Waals surface area contributed by atoms with Crippen LogP contribution in [0.25, 0.3) is 23.1 Å². The van der Waals surface area contributed by atoms with Gasteiger partial charge in [0.15, 0.2) is 5.78 Å². The number of allylic oxidation sites excluding steroid dienone is 2. The number of ketones is 1. The van der Waals surface area contributed by atoms with Gasteiger partial charge in [-0.3, -0.25) is 4.79 Å². The molecule has 0 spiro atoms. The Morgan fingerprint density at radius 1 is 0.906 bits per heavy atom. The molecule has 0 N–H and O–H groups in total. The number of hydrogen-bond acceptors (Lipinski definition) is 4. The third-order valence-corrected chi connectivity index (χ3v) is 5.51. The molecule has 0 fully saturated rings. The van der Waals surface area contributed by atoms with Gasteiger partial charge in [0.05, 0.1) is 20.9 Å². The molecule has 1 heterocycles. The van der Waals surface area contributed by atoms with Crippen LogP contribution in [0.3, 0.4) is 0 Å². The fourth-order valence-electron chi connectivity index (χ4n) is 3.13. The molecular weight excluding hydrogens is 443 g/mol. The highest BCUT2D eigenvalue weighted by Gasteiger charge is 2.09. The van der Waals surface area contributed by atoms with Crippen LogP contribution in [0.15, 0.2) is 79.1 Å². The maximum Gasteiger partial charge on any atom is 0.230 e. The molecule has 4 rings (SSSR count). The predicted octanol–water partition coefficient (Wildman–Crippen LogP) is 7.33. The number of halogens is 2. The summed E-state index contributed by atoms with van der Waals surface area (Å²) in [6.07, 6.45) is 7.84. The van der Waals surface area contributed by atoms with Gasteiger partial charge in [0.2, 0.25) is 5.88 Å². The van der Waals surface area contributed by atoms with Gasteiger partial charge in [-0.25, -0.2) is 9.97 Å². The van der Waals surface area contributed by atoms with E-state index in [9.17, 15) is 4.79 Å². The third-order valence-electron chi connectivity index (χ3n) is 4.77. The van der Waals surface area contributed by atoms with E-state index in [2.05, 4.69) is 9.97 Å². The molecule has 0 amide bonds. The first-order valence-corrected chi connectivity index (χ1v) is 10.6. The Bertz CT molecular complexity index is 1360. The van der Waals surface area contributed by atoms with E-state index in [0.29, 0.717) is 21.7 Å². The van der Waals surface area contributed by atoms with Crippen LogP contribution in [-0.4, -0.2) is 15.8 Å². The molecule has 0 radical (unpaired) electrons. The maximum absolute atomic E-state index is 12.3. The van der Waals surface area contributed by atoms with Gasteiger partial charge in [-0.15, -0.1) is 0 Å². The quantitative estimate of drug-likeness (QED) is 0.282. The van der Waals surface area contributed by atoms with Crippen molar-refractivity contribution < 1.29 is 9.53 Å². The lowest BCUT2D eigenvalue weighted by Crippen LogP contribution is -1.94. The molecule has 0 bridgehead atoms. The van der Waals surface area contributed by atoms with Crippen LogP contribution in [0.2, 0.25) is 10.0 Å². The smallest absolute Gasteiger partial charge is 0.230 e. The van der Waals surface area contributed by atoms with E-state index >= 15 is 0 Å². The lowest BCUT2D eigenvalue weighted by atomic mass is 10.1. The molecule has 32 heavy (non-hydrogen) atoms. The Balaban J connectivity index is 1.54. The molecule has 158 valence electrons. The molecule has 0 saturated carbocycles. The zero-order valence-electron chi connectivity index (χ0n) is 17.1. The summed E-state index contributed by atoms with van der Waals surface area (Å²) in [4.78, 5) is 21.0. The second-order valence-corrected chi connectivity index (χ2v) is 7.85. The number of benzene rings is 3. The third kappa shape index (κ3) is 5.05. The summed E-state index contributed by atoms with van der Waals surface area (Å²) in [5, 5.41) is 1.74. The number of carbonyl (C=O) groups excluding carboxylic acids is 1. The summed E-state index contributed by atoms with van der Waals surface area (Å²) in [7, 11) is 0. The Morgan fingerprint density at radius 3 is 2.56 bits per heavy atom. The number of nitrogens with zero attached hydrogens (tertiary/aromatic N) is 2. The molecule has 0 saturated heterocycles. The highest BCUT2D eigenvalue weighted by molar-refractivity contribution is 6.42. The number of fused-ring (bicyclic) bond motifs is 1. The predicted molar refractivity (Wildman–Crippen MR) is 130 cm³/mol. The summed E-state index contributed by atoms with van der Waals surface area (Å²) in [5.41, 5.74) is 3.43. The summed E-state index contributed by atoms with van der Waals surface area (Å²) in [6.45, 7) is 1.99. The number of rotatable bonds is 6. The number of aryl methyl sites for hydroxylation is 1. The summed E-state index contributed by atoms with van der Waals surface area (Å²) in [5.74, 6) is 0.880. The van der Waals surface area contributed by atoms with Crippen molar-refractivity contribution in [3.05, 3.63) is 106 Å². The van der Waals surface area contributed by atoms with Crippen molar-refractivity contribution in [2.45, 2.75) is 6.92 Å². The Kier molecular flexibility index (Phi) is 6.64. The van der Waals surface area contributed by atoms with E-state index in [4.69, 9.17) is 27.9 Å². The summed E-state index contributed by atoms with van der Waals surface area (Å²) < 4.78 is 6.10. The number of hydrogen-bond donors (Lipinski definition) is 0. The lowest BCUT2D eigenvalue weighted by molar-refractivity contribution is -0.110. The molecule has 4 aromatic rings. The highest BCUT2D eigenvalue weighted by atomic mass is 35.5. The average molecular weight is 461 g/mol. The van der Waals surface area contributed by atoms with Gasteiger partial charge >= 0.3 is 0 Å². The van der Waals surface area contributed by atoms with E-state index < -0.39 is 0 Å². The fraction of sp³-hybridized carbons (Fsp3) is 0.0385. The van der Waals surface area contributed by atoms with Crippen LogP contribution >= 0.6 is 23.2 Å². The minimum absolute atomic E-state index is 0.172. The highest BCUT2D eigenvalue weighted by Crippen LogP contribution is 2.30. The van der Waals surface area contributed by atoms with Crippen molar-refractivity contribution in [1.82, 2.24) is 9.97 Å². The number of aromatic nitrogens is 2. The maximum atomic E-state index is 12.3. The van der Waals surface area contributed by atoms with Crippen LogP contribution in [0.5, 0.6) is 11.6 Å². The van der Waals surface area contributed by atoms with Crippen LogP contribution < -0.4 is 4.74 Å². The zero-order chi connectivity index (χ0) is 22.5. The van der Waals surface area contributed by atoms with Crippen molar-refractivity contribution in [1.29, 1.82) is 0 Å². The Labute approximate surface area is 195 Å². The Hall–Kier alpha value is -3.47. The van der Waals surface area contributed by atoms with E-state index in [0.717, 1.165) is 27.6 Å². The van der Waals surface area contributed by atoms with Crippen molar-refractivity contribution in [2.75, 3.05) is 0 Å². The monoisotopic (exact) mass is 460 g/mol. The van der Waals surface area contributed by atoms with E-state index in [1.54, 1.807) is 30.4 Å². The van der Waals surface area contributed by atoms with Gasteiger partial charge in [-0.1, -0.05) is 65.7 Å². The summed E-state index contributed by atoms with van der Waals surface area (Å²) in [6, 6.07) is 18.5. The van der Waals surface area contributed by atoms with Crippen molar-refractivity contribution in [3.63, 3.8) is 0 Å². The van der Waals surface area contributed by atoms with E-state index in [-0.39, 0.29) is 5.78 Å². The van der Waals surface area contributed by atoms with Crippen LogP contribution in [0.1, 0.15) is 16.7 Å². The van der Waals surface area contributed by atoms with Gasteiger partial charge in [0, 0.05) is 5.56 Å². The molecule has 0 atom stereocenters. The molecule has 3 aromatic carbocycles. The molecule has 6 heteroatoms. The topological polar surface area (TPSA) is 52.1 Å². The van der Waals surface area contributed by atoms with Crippen LogP contribution in [-0.2, 0) is 4.79 Å². The second kappa shape index (κ2) is 9.77. The van der Waals surface area contributed by atoms with Crippen LogP contribution in [0, 0.1) is 6.92 Å². The average Bonchev–Trinajstić information content (AvgIpc) is 2.80.